The van der Waals surface area contributed by atoms with Gasteiger partial charge in [0.1, 0.15) is 6.33 Å². The number of para-hydroxylation sites is 2. The number of ether oxygens (including phenoxy) is 3. The molecule has 0 radical (unpaired) electrons. The van der Waals surface area contributed by atoms with Crippen molar-refractivity contribution in [1.82, 2.24) is 24.5 Å². The second-order valence-corrected chi connectivity index (χ2v) is 8.20. The molecule has 0 spiro atoms. The molecule has 0 bridgehead atoms. The number of nitrogens with one attached hydrogen (secondary N) is 2. The summed E-state index contributed by atoms with van der Waals surface area (Å²) in [5.41, 5.74) is 3.10. The summed E-state index contributed by atoms with van der Waals surface area (Å²) in [6.07, 6.45) is 1.42. The van der Waals surface area contributed by atoms with Gasteiger partial charge in [0.05, 0.1) is 45.0 Å². The van der Waals surface area contributed by atoms with E-state index in [1.54, 1.807) is 38.0 Å². The Kier molecular flexibility index (Phi) is 7.18. The maximum Gasteiger partial charge on any atom is 0.241 e. The van der Waals surface area contributed by atoms with Crippen molar-refractivity contribution < 1.29 is 19.3 Å². The maximum absolute atomic E-state index is 10.1. The van der Waals surface area contributed by atoms with Crippen molar-refractivity contribution in [2.24, 2.45) is 0 Å². The van der Waals surface area contributed by atoms with Gasteiger partial charge < -0.3 is 30.0 Å². The number of hydrogen-bond acceptors (Lipinski definition) is 10. The highest BCUT2D eigenvalue weighted by Crippen LogP contribution is 2.40. The molecule has 5 rings (SSSR count). The minimum atomic E-state index is -0.384. The van der Waals surface area contributed by atoms with Gasteiger partial charge in [-0.3, -0.25) is 0 Å². The lowest BCUT2D eigenvalue weighted by molar-refractivity contribution is 0.276. The first-order valence-electron chi connectivity index (χ1n) is 11.8. The highest BCUT2D eigenvalue weighted by atomic mass is 16.5. The Morgan fingerprint density at radius 2 is 1.58 bits per heavy atom. The molecule has 38 heavy (non-hydrogen) atoms. The van der Waals surface area contributed by atoms with Gasteiger partial charge in [-0.2, -0.15) is 4.98 Å². The van der Waals surface area contributed by atoms with Crippen LogP contribution in [0.15, 0.2) is 73.1 Å². The predicted molar refractivity (Wildman–Crippen MR) is 144 cm³/mol. The minimum absolute atomic E-state index is 0.127. The van der Waals surface area contributed by atoms with E-state index >= 15 is 0 Å². The summed E-state index contributed by atoms with van der Waals surface area (Å²) in [4.78, 5) is 18.1. The van der Waals surface area contributed by atoms with Crippen molar-refractivity contribution in [3.8, 4) is 23.2 Å². The Balaban J connectivity index is 1.53. The summed E-state index contributed by atoms with van der Waals surface area (Å²) in [5.74, 6) is 2.59. The van der Waals surface area contributed by atoms with E-state index < -0.39 is 0 Å². The van der Waals surface area contributed by atoms with E-state index in [9.17, 15) is 5.11 Å². The third-order valence-electron chi connectivity index (χ3n) is 5.93. The molecule has 194 valence electrons. The highest BCUT2D eigenvalue weighted by molar-refractivity contribution is 5.80. The van der Waals surface area contributed by atoms with Gasteiger partial charge in [0.15, 0.2) is 11.5 Å². The van der Waals surface area contributed by atoms with Crippen molar-refractivity contribution in [3.05, 3.63) is 78.6 Å². The zero-order chi connectivity index (χ0) is 26.5. The molecule has 0 amide bonds. The largest absolute Gasteiger partial charge is 0.493 e. The number of anilines is 3. The molecule has 1 unspecified atom stereocenters. The first kappa shape index (κ1) is 24.8. The van der Waals surface area contributed by atoms with E-state index in [0.29, 0.717) is 40.8 Å². The van der Waals surface area contributed by atoms with E-state index in [-0.39, 0.29) is 12.6 Å². The molecule has 1 atom stereocenters. The molecule has 2 heterocycles. The standard InChI is InChI=1S/C27H27N7O4/c1-36-22-13-18(14-23(37-2)24(22)38-3)30-25-28-16-29-26(33-25)34-21-12-8-7-11-19(21)31-27(34)32-20(15-35)17-9-5-4-6-10-17/h4-14,16,20,35H,15H2,1-3H3,(H,31,32)(H,28,29,30,33). The number of nitrogens with zero attached hydrogens (tertiary/aromatic N) is 5. The van der Waals surface area contributed by atoms with Crippen LogP contribution < -0.4 is 24.8 Å². The van der Waals surface area contributed by atoms with E-state index in [2.05, 4.69) is 25.6 Å². The van der Waals surface area contributed by atoms with E-state index in [1.165, 1.54) is 6.33 Å². The number of aliphatic hydroxyl groups excluding tert-OH is 1. The van der Waals surface area contributed by atoms with E-state index in [4.69, 9.17) is 19.2 Å². The molecule has 0 aliphatic heterocycles. The smallest absolute Gasteiger partial charge is 0.241 e. The SMILES string of the molecule is COc1cc(Nc2ncnc(-n3c(NC(CO)c4ccccc4)nc4ccccc43)n2)cc(OC)c1OC. The molecule has 0 fully saturated rings. The van der Waals surface area contributed by atoms with Gasteiger partial charge in [-0.25, -0.2) is 19.5 Å². The number of fused-ring (bicyclic) bond motifs is 1. The van der Waals surface area contributed by atoms with Crippen LogP contribution in [-0.4, -0.2) is 57.5 Å². The maximum atomic E-state index is 10.1. The zero-order valence-electron chi connectivity index (χ0n) is 21.1. The zero-order valence-corrected chi connectivity index (χ0v) is 21.1. The summed E-state index contributed by atoms with van der Waals surface area (Å²) in [5, 5.41) is 16.7. The average molecular weight is 514 g/mol. The first-order chi connectivity index (χ1) is 18.6. The van der Waals surface area contributed by atoms with Gasteiger partial charge in [-0.05, 0) is 17.7 Å². The van der Waals surface area contributed by atoms with Crippen molar-refractivity contribution >= 4 is 28.6 Å². The van der Waals surface area contributed by atoms with Crippen LogP contribution in [0, 0.1) is 0 Å². The number of rotatable bonds is 10. The Morgan fingerprint density at radius 1 is 0.868 bits per heavy atom. The van der Waals surface area contributed by atoms with E-state index in [1.807, 2.05) is 54.6 Å². The molecule has 0 aliphatic rings. The normalized spacial score (nSPS) is 11.7. The van der Waals surface area contributed by atoms with Crippen molar-refractivity contribution in [2.75, 3.05) is 38.6 Å². The fraction of sp³-hybridized carbons (Fsp3) is 0.185. The average Bonchev–Trinajstić information content (AvgIpc) is 3.34. The molecule has 3 aromatic carbocycles. The number of hydrogen-bond donors (Lipinski definition) is 3. The second-order valence-electron chi connectivity index (χ2n) is 8.20. The Morgan fingerprint density at radius 3 is 2.26 bits per heavy atom. The molecule has 11 nitrogen and oxygen atoms in total. The van der Waals surface area contributed by atoms with Gasteiger partial charge >= 0.3 is 0 Å². The van der Waals surface area contributed by atoms with Crippen LogP contribution in [-0.2, 0) is 0 Å². The first-order valence-corrected chi connectivity index (χ1v) is 11.8. The molecule has 2 aromatic heterocycles. The van der Waals surface area contributed by atoms with Crippen LogP contribution in [0.4, 0.5) is 17.6 Å². The lowest BCUT2D eigenvalue weighted by Gasteiger charge is -2.18. The molecule has 3 N–H and O–H groups in total. The molecular formula is C27H27N7O4. The fourth-order valence-corrected chi connectivity index (χ4v) is 4.14. The van der Waals surface area contributed by atoms with Crippen LogP contribution >= 0.6 is 0 Å². The third kappa shape index (κ3) is 4.87. The molecular weight excluding hydrogens is 486 g/mol. The predicted octanol–water partition coefficient (Wildman–Crippen LogP) is 4.13. The third-order valence-corrected chi connectivity index (χ3v) is 5.93. The molecule has 0 saturated heterocycles. The Hall–Kier alpha value is -4.90. The number of methoxy groups -OCH3 is 3. The van der Waals surface area contributed by atoms with Gasteiger partial charge in [0.2, 0.25) is 23.6 Å². The summed E-state index contributed by atoms with van der Waals surface area (Å²) >= 11 is 0. The second kappa shape index (κ2) is 11.0. The fourth-order valence-electron chi connectivity index (χ4n) is 4.14. The quantitative estimate of drug-likeness (QED) is 0.251. The van der Waals surface area contributed by atoms with Crippen LogP contribution in [0.5, 0.6) is 17.2 Å². The summed E-state index contributed by atoms with van der Waals surface area (Å²) in [7, 11) is 4.65. The summed E-state index contributed by atoms with van der Waals surface area (Å²) in [6, 6.07) is 20.5. The van der Waals surface area contributed by atoms with Crippen molar-refractivity contribution in [3.63, 3.8) is 0 Å². The molecule has 11 heteroatoms. The van der Waals surface area contributed by atoms with Crippen LogP contribution in [0.25, 0.3) is 17.0 Å². The number of aromatic nitrogens is 5. The van der Waals surface area contributed by atoms with E-state index in [0.717, 1.165) is 16.6 Å². The summed E-state index contributed by atoms with van der Waals surface area (Å²) < 4.78 is 18.1. The Bertz CT molecular complexity index is 1520. The minimum Gasteiger partial charge on any atom is -0.493 e. The molecule has 0 aliphatic carbocycles. The van der Waals surface area contributed by atoms with Gasteiger partial charge in [0.25, 0.3) is 0 Å². The number of imidazole rings is 1. The van der Waals surface area contributed by atoms with Gasteiger partial charge in [-0.15, -0.1) is 0 Å². The topological polar surface area (TPSA) is 128 Å². The van der Waals surface area contributed by atoms with Gasteiger partial charge in [0, 0.05) is 17.8 Å². The monoisotopic (exact) mass is 513 g/mol. The number of aliphatic hydroxyl groups is 1. The summed E-state index contributed by atoms with van der Waals surface area (Å²) in [6.45, 7) is -0.127. The van der Waals surface area contributed by atoms with Crippen LogP contribution in [0.1, 0.15) is 11.6 Å². The molecule has 5 aromatic rings. The van der Waals surface area contributed by atoms with Gasteiger partial charge in [-0.1, -0.05) is 42.5 Å². The Labute approximate surface area is 219 Å². The van der Waals surface area contributed by atoms with Crippen LogP contribution in [0.2, 0.25) is 0 Å². The van der Waals surface area contributed by atoms with Crippen molar-refractivity contribution in [2.45, 2.75) is 6.04 Å². The van der Waals surface area contributed by atoms with Crippen molar-refractivity contribution in [1.29, 1.82) is 0 Å². The lowest BCUT2D eigenvalue weighted by atomic mass is 10.1. The number of benzene rings is 3. The molecule has 0 saturated carbocycles. The van der Waals surface area contributed by atoms with Crippen LogP contribution in [0.3, 0.4) is 0 Å². The highest BCUT2D eigenvalue weighted by Gasteiger charge is 2.20. The lowest BCUT2D eigenvalue weighted by Crippen LogP contribution is -2.18.